The molecule has 0 fully saturated rings. The first kappa shape index (κ1) is 22.8. The summed E-state index contributed by atoms with van der Waals surface area (Å²) in [5, 5.41) is 7.26. The summed E-state index contributed by atoms with van der Waals surface area (Å²) >= 11 is 1.53. The van der Waals surface area contributed by atoms with Crippen LogP contribution in [0.5, 0.6) is 0 Å². The smallest absolute Gasteiger partial charge is 0.306 e. The summed E-state index contributed by atoms with van der Waals surface area (Å²) in [6.45, 7) is 11.3. The summed E-state index contributed by atoms with van der Waals surface area (Å²) in [7, 11) is 0. The molecule has 0 bridgehead atoms. The number of nitrogens with zero attached hydrogens (tertiary/aromatic N) is 5. The van der Waals surface area contributed by atoms with E-state index >= 15 is 0 Å². The van der Waals surface area contributed by atoms with Crippen LogP contribution in [-0.2, 0) is 16.0 Å². The molecule has 0 radical (unpaired) electrons. The van der Waals surface area contributed by atoms with Gasteiger partial charge in [0.1, 0.15) is 0 Å². The van der Waals surface area contributed by atoms with Gasteiger partial charge in [-0.15, -0.1) is 11.3 Å². The van der Waals surface area contributed by atoms with Crippen LogP contribution in [0.1, 0.15) is 56.5 Å². The minimum atomic E-state index is -0.414. The molecule has 33 heavy (non-hydrogen) atoms. The van der Waals surface area contributed by atoms with Crippen LogP contribution < -0.4 is 0 Å². The van der Waals surface area contributed by atoms with Crippen molar-refractivity contribution in [1.82, 2.24) is 24.1 Å². The molecule has 0 amide bonds. The van der Waals surface area contributed by atoms with E-state index < -0.39 is 5.97 Å². The molecule has 0 atom stereocenters. The van der Waals surface area contributed by atoms with E-state index in [-0.39, 0.29) is 18.8 Å². The topological polar surface area (TPSA) is 91.4 Å². The van der Waals surface area contributed by atoms with Gasteiger partial charge in [-0.3, -0.25) is 14.2 Å². The Kier molecular flexibility index (Phi) is 6.16. The molecule has 4 heterocycles. The van der Waals surface area contributed by atoms with Gasteiger partial charge in [0.2, 0.25) is 5.78 Å². The zero-order chi connectivity index (χ0) is 23.9. The molecule has 0 aliphatic rings. The number of Topliss-reactive ketones (excluding diaryl/α,β-unsaturated/α-hetero) is 1. The van der Waals surface area contributed by atoms with E-state index in [9.17, 15) is 9.59 Å². The van der Waals surface area contributed by atoms with E-state index in [0.717, 1.165) is 50.5 Å². The average Bonchev–Trinajstić information content (AvgIpc) is 3.42. The van der Waals surface area contributed by atoms with Gasteiger partial charge in [-0.05, 0) is 59.6 Å². The standard InChI is InChI=1S/C24H27N5O3S/c1-13-9-22-26-16(4)19(18(6)29(22)27-13)7-8-23(31)32-11-21(30)20-10-15(3)28(17(20)5)24-25-14(2)12-33-24/h9-10,12H,7-8,11H2,1-6H3. The molecular formula is C24H27N5O3S. The molecule has 0 aliphatic carbocycles. The first-order valence-corrected chi connectivity index (χ1v) is 11.7. The van der Waals surface area contributed by atoms with Crippen molar-refractivity contribution in [3.63, 3.8) is 0 Å². The van der Waals surface area contributed by atoms with E-state index in [2.05, 4.69) is 15.1 Å². The number of rotatable bonds is 7. The van der Waals surface area contributed by atoms with E-state index in [1.807, 2.05) is 63.6 Å². The van der Waals surface area contributed by atoms with Crippen LogP contribution >= 0.6 is 11.3 Å². The van der Waals surface area contributed by atoms with Gasteiger partial charge in [-0.1, -0.05) is 0 Å². The van der Waals surface area contributed by atoms with Gasteiger partial charge in [-0.25, -0.2) is 14.5 Å². The SMILES string of the molecule is Cc1csc(-n2c(C)cc(C(=O)COC(=O)CCc3c(C)nc4cc(C)nn4c3C)c2C)n1. The number of hydrogen-bond donors (Lipinski definition) is 0. The number of thiazole rings is 1. The van der Waals surface area contributed by atoms with Crippen molar-refractivity contribution < 1.29 is 14.3 Å². The van der Waals surface area contributed by atoms with Crippen molar-refractivity contribution in [3.8, 4) is 5.13 Å². The van der Waals surface area contributed by atoms with Crippen LogP contribution in [0.2, 0.25) is 0 Å². The van der Waals surface area contributed by atoms with Crippen molar-refractivity contribution in [2.75, 3.05) is 6.61 Å². The number of aromatic nitrogens is 5. The second-order valence-corrected chi connectivity index (χ2v) is 9.13. The summed E-state index contributed by atoms with van der Waals surface area (Å²) < 4.78 is 9.07. The lowest BCUT2D eigenvalue weighted by Gasteiger charge is -2.11. The normalized spacial score (nSPS) is 11.3. The minimum Gasteiger partial charge on any atom is -0.457 e. The maximum Gasteiger partial charge on any atom is 0.306 e. The Morgan fingerprint density at radius 3 is 2.45 bits per heavy atom. The summed E-state index contributed by atoms with van der Waals surface area (Å²) in [5.41, 5.74) is 7.68. The van der Waals surface area contributed by atoms with Gasteiger partial charge >= 0.3 is 5.97 Å². The predicted molar refractivity (Wildman–Crippen MR) is 126 cm³/mol. The number of carbonyl (C=O) groups is 2. The molecule has 0 aromatic carbocycles. The third kappa shape index (κ3) is 4.45. The molecule has 0 spiro atoms. The Balaban J connectivity index is 1.40. The van der Waals surface area contributed by atoms with E-state index in [4.69, 9.17) is 4.74 Å². The highest BCUT2D eigenvalue weighted by atomic mass is 32.1. The largest absolute Gasteiger partial charge is 0.457 e. The van der Waals surface area contributed by atoms with E-state index in [1.54, 1.807) is 4.52 Å². The molecule has 0 saturated heterocycles. The van der Waals surface area contributed by atoms with Crippen LogP contribution in [0.4, 0.5) is 0 Å². The van der Waals surface area contributed by atoms with Crippen LogP contribution in [0.3, 0.4) is 0 Å². The molecule has 4 aromatic rings. The molecule has 0 aliphatic heterocycles. The lowest BCUT2D eigenvalue weighted by Crippen LogP contribution is -2.16. The second-order valence-electron chi connectivity index (χ2n) is 8.29. The fourth-order valence-electron chi connectivity index (χ4n) is 4.11. The maximum absolute atomic E-state index is 12.8. The first-order chi connectivity index (χ1) is 15.7. The Morgan fingerprint density at radius 1 is 1.00 bits per heavy atom. The summed E-state index contributed by atoms with van der Waals surface area (Å²) in [4.78, 5) is 34.3. The maximum atomic E-state index is 12.8. The monoisotopic (exact) mass is 465 g/mol. The number of esters is 1. The predicted octanol–water partition coefficient (Wildman–Crippen LogP) is 4.19. The molecule has 9 heteroatoms. The lowest BCUT2D eigenvalue weighted by atomic mass is 10.1. The van der Waals surface area contributed by atoms with Gasteiger partial charge in [0.25, 0.3) is 0 Å². The van der Waals surface area contributed by atoms with E-state index in [1.165, 1.54) is 11.3 Å². The van der Waals surface area contributed by atoms with Crippen molar-refractivity contribution >= 4 is 28.7 Å². The number of aryl methyl sites for hydroxylation is 5. The number of carbonyl (C=O) groups excluding carboxylic acids is 2. The molecule has 0 saturated carbocycles. The van der Waals surface area contributed by atoms with Crippen molar-refractivity contribution in [3.05, 3.63) is 62.8 Å². The first-order valence-electron chi connectivity index (χ1n) is 10.8. The third-order valence-corrected chi connectivity index (χ3v) is 6.70. The zero-order valence-corrected chi connectivity index (χ0v) is 20.5. The van der Waals surface area contributed by atoms with Gasteiger partial charge in [-0.2, -0.15) is 5.10 Å². The highest BCUT2D eigenvalue weighted by molar-refractivity contribution is 7.12. The molecule has 8 nitrogen and oxygen atoms in total. The number of fused-ring (bicyclic) bond motifs is 1. The average molecular weight is 466 g/mol. The highest BCUT2D eigenvalue weighted by Crippen LogP contribution is 2.24. The Hall–Kier alpha value is -3.33. The minimum absolute atomic E-state index is 0.166. The quantitative estimate of drug-likeness (QED) is 0.300. The number of ketones is 1. The van der Waals surface area contributed by atoms with Crippen LogP contribution in [0.25, 0.3) is 10.8 Å². The Labute approximate surface area is 196 Å². The van der Waals surface area contributed by atoms with Crippen molar-refractivity contribution in [2.45, 2.75) is 54.4 Å². The number of hydrogen-bond acceptors (Lipinski definition) is 7. The fraction of sp³-hybridized carbons (Fsp3) is 0.375. The van der Waals surface area contributed by atoms with Gasteiger partial charge in [0.05, 0.1) is 11.4 Å². The van der Waals surface area contributed by atoms with Crippen molar-refractivity contribution in [2.24, 2.45) is 0 Å². The Bertz CT molecular complexity index is 1380. The van der Waals surface area contributed by atoms with Gasteiger partial charge < -0.3 is 4.74 Å². The van der Waals surface area contributed by atoms with E-state index in [0.29, 0.717) is 12.0 Å². The number of ether oxygens (including phenoxy) is 1. The molecule has 0 N–H and O–H groups in total. The zero-order valence-electron chi connectivity index (χ0n) is 19.7. The lowest BCUT2D eigenvalue weighted by molar-refractivity contribution is -0.142. The van der Waals surface area contributed by atoms with Gasteiger partial charge in [0, 0.05) is 46.2 Å². The Morgan fingerprint density at radius 2 is 1.76 bits per heavy atom. The third-order valence-electron chi connectivity index (χ3n) is 5.76. The molecular weight excluding hydrogens is 438 g/mol. The van der Waals surface area contributed by atoms with Gasteiger partial charge in [0.15, 0.2) is 17.4 Å². The second kappa shape index (κ2) is 8.90. The summed E-state index contributed by atoms with van der Waals surface area (Å²) in [6, 6.07) is 3.75. The van der Waals surface area contributed by atoms with Crippen molar-refractivity contribution in [1.29, 1.82) is 0 Å². The highest BCUT2D eigenvalue weighted by Gasteiger charge is 2.20. The molecule has 172 valence electrons. The molecule has 0 unspecified atom stereocenters. The summed E-state index contributed by atoms with van der Waals surface area (Å²) in [6.07, 6.45) is 0.643. The summed E-state index contributed by atoms with van der Waals surface area (Å²) in [5.74, 6) is -0.637. The van der Waals surface area contributed by atoms with Crippen LogP contribution in [-0.4, -0.2) is 42.5 Å². The van der Waals surface area contributed by atoms with Crippen LogP contribution in [0.15, 0.2) is 17.5 Å². The molecule has 4 rings (SSSR count). The van der Waals surface area contributed by atoms with Crippen LogP contribution in [0, 0.1) is 41.5 Å². The fourth-order valence-corrected chi connectivity index (χ4v) is 5.02. The molecule has 4 aromatic heterocycles.